The highest BCUT2D eigenvalue weighted by Crippen LogP contribution is 2.26. The number of amides is 1. The normalized spacial score (nSPS) is 10.8. The highest BCUT2D eigenvalue weighted by Gasteiger charge is 2.16. The van der Waals surface area contributed by atoms with E-state index >= 15 is 0 Å². The number of fused-ring (bicyclic) bond motifs is 1. The van der Waals surface area contributed by atoms with Gasteiger partial charge < -0.3 is 10.7 Å². The van der Waals surface area contributed by atoms with E-state index < -0.39 is 5.91 Å². The van der Waals surface area contributed by atoms with Gasteiger partial charge in [0.15, 0.2) is 0 Å². The molecule has 3 heterocycles. The Morgan fingerprint density at radius 3 is 3.06 bits per heavy atom. The predicted molar refractivity (Wildman–Crippen MR) is 60.0 cm³/mol. The molecule has 0 atom stereocenters. The van der Waals surface area contributed by atoms with Crippen LogP contribution in [0.5, 0.6) is 0 Å². The number of nitrogens with zero attached hydrogens (tertiary/aromatic N) is 3. The molecule has 1 amide bonds. The van der Waals surface area contributed by atoms with Gasteiger partial charge in [-0.15, -0.1) is 0 Å². The van der Waals surface area contributed by atoms with Gasteiger partial charge in [0.1, 0.15) is 17.7 Å². The molecule has 7 heteroatoms. The molecule has 0 aliphatic heterocycles. The molecular formula is C10H8N6O. The maximum Gasteiger partial charge on any atom is 0.267 e. The van der Waals surface area contributed by atoms with Crippen molar-refractivity contribution in [2.75, 3.05) is 0 Å². The second-order valence-corrected chi connectivity index (χ2v) is 3.49. The molecule has 0 aliphatic carbocycles. The first-order valence-electron chi connectivity index (χ1n) is 4.89. The third-order valence-electron chi connectivity index (χ3n) is 2.49. The fourth-order valence-electron chi connectivity index (χ4n) is 1.74. The molecule has 0 aliphatic rings. The Morgan fingerprint density at radius 1 is 1.35 bits per heavy atom. The van der Waals surface area contributed by atoms with Crippen molar-refractivity contribution in [2.45, 2.75) is 0 Å². The van der Waals surface area contributed by atoms with Crippen LogP contribution in [0, 0.1) is 0 Å². The number of hydrogen-bond donors (Lipinski definition) is 3. The molecule has 0 saturated carbocycles. The summed E-state index contributed by atoms with van der Waals surface area (Å²) < 4.78 is 0. The van der Waals surface area contributed by atoms with Gasteiger partial charge in [-0.1, -0.05) is 0 Å². The van der Waals surface area contributed by atoms with Gasteiger partial charge in [0.05, 0.1) is 17.5 Å². The van der Waals surface area contributed by atoms with Crippen molar-refractivity contribution in [3.63, 3.8) is 0 Å². The Labute approximate surface area is 95.1 Å². The Kier molecular flexibility index (Phi) is 1.91. The van der Waals surface area contributed by atoms with E-state index in [4.69, 9.17) is 5.73 Å². The summed E-state index contributed by atoms with van der Waals surface area (Å²) in [5.41, 5.74) is 7.39. The average molecular weight is 228 g/mol. The van der Waals surface area contributed by atoms with E-state index in [0.29, 0.717) is 16.9 Å². The smallest absolute Gasteiger partial charge is 0.267 e. The number of aromatic amines is 2. The Morgan fingerprint density at radius 2 is 2.24 bits per heavy atom. The number of H-pyrrole nitrogens is 2. The topological polar surface area (TPSA) is 113 Å². The van der Waals surface area contributed by atoms with Crippen molar-refractivity contribution >= 4 is 16.9 Å². The van der Waals surface area contributed by atoms with Crippen LogP contribution in [0.3, 0.4) is 0 Å². The standard InChI is InChI=1S/C10H8N6O/c11-9(17)8-6(3-15-16-8)7-5-1-2-12-10(5)14-4-13-7/h1-4H,(H2,11,17)(H,15,16)(H,12,13,14). The molecule has 3 aromatic rings. The third-order valence-corrected chi connectivity index (χ3v) is 2.49. The quantitative estimate of drug-likeness (QED) is 0.590. The van der Waals surface area contributed by atoms with Gasteiger partial charge in [-0.25, -0.2) is 9.97 Å². The number of nitrogens with two attached hydrogens (primary N) is 1. The molecule has 3 rings (SSSR count). The highest BCUT2D eigenvalue weighted by atomic mass is 16.1. The second kappa shape index (κ2) is 3.41. The molecule has 4 N–H and O–H groups in total. The first-order valence-corrected chi connectivity index (χ1v) is 4.89. The Hall–Kier alpha value is -2.70. The molecule has 0 radical (unpaired) electrons. The molecule has 0 fully saturated rings. The number of aromatic nitrogens is 5. The number of rotatable bonds is 2. The number of carbonyl (C=O) groups excluding carboxylic acids is 1. The minimum absolute atomic E-state index is 0.242. The van der Waals surface area contributed by atoms with Gasteiger partial charge in [0, 0.05) is 11.6 Å². The van der Waals surface area contributed by atoms with Crippen molar-refractivity contribution in [3.05, 3.63) is 30.5 Å². The molecular weight excluding hydrogens is 220 g/mol. The maximum atomic E-state index is 11.2. The van der Waals surface area contributed by atoms with Crippen LogP contribution in [-0.4, -0.2) is 31.1 Å². The van der Waals surface area contributed by atoms with Crippen LogP contribution in [-0.2, 0) is 0 Å². The van der Waals surface area contributed by atoms with E-state index in [0.717, 1.165) is 5.39 Å². The SMILES string of the molecule is NC(=O)c1[nH]ncc1-c1ncnc2[nH]ccc12. The monoisotopic (exact) mass is 228 g/mol. The number of hydrogen-bond acceptors (Lipinski definition) is 4. The van der Waals surface area contributed by atoms with Crippen LogP contribution >= 0.6 is 0 Å². The van der Waals surface area contributed by atoms with E-state index in [-0.39, 0.29) is 5.69 Å². The van der Waals surface area contributed by atoms with Gasteiger partial charge in [0.2, 0.25) is 0 Å². The van der Waals surface area contributed by atoms with Crippen molar-refractivity contribution in [2.24, 2.45) is 5.73 Å². The van der Waals surface area contributed by atoms with Crippen LogP contribution in [0.4, 0.5) is 0 Å². The number of primary amides is 1. The fourth-order valence-corrected chi connectivity index (χ4v) is 1.74. The molecule has 3 aromatic heterocycles. The van der Waals surface area contributed by atoms with Gasteiger partial charge >= 0.3 is 0 Å². The summed E-state index contributed by atoms with van der Waals surface area (Å²) in [5, 5.41) is 7.20. The van der Waals surface area contributed by atoms with Gasteiger partial charge in [-0.05, 0) is 6.07 Å². The lowest BCUT2D eigenvalue weighted by Crippen LogP contribution is -2.12. The summed E-state index contributed by atoms with van der Waals surface area (Å²) in [6.45, 7) is 0. The molecule has 0 bridgehead atoms. The summed E-state index contributed by atoms with van der Waals surface area (Å²) >= 11 is 0. The van der Waals surface area contributed by atoms with Crippen molar-refractivity contribution < 1.29 is 4.79 Å². The lowest BCUT2D eigenvalue weighted by atomic mass is 10.1. The Bertz CT molecular complexity index is 697. The number of nitrogens with one attached hydrogen (secondary N) is 2. The summed E-state index contributed by atoms with van der Waals surface area (Å²) in [6, 6.07) is 1.84. The third kappa shape index (κ3) is 1.36. The average Bonchev–Trinajstić information content (AvgIpc) is 2.97. The van der Waals surface area contributed by atoms with E-state index in [1.165, 1.54) is 12.5 Å². The number of carbonyl (C=O) groups is 1. The summed E-state index contributed by atoms with van der Waals surface area (Å²) in [6.07, 6.45) is 4.70. The Balaban J connectivity index is 2.30. The fraction of sp³-hybridized carbons (Fsp3) is 0. The molecule has 17 heavy (non-hydrogen) atoms. The van der Waals surface area contributed by atoms with Gasteiger partial charge in [-0.2, -0.15) is 5.10 Å². The zero-order valence-corrected chi connectivity index (χ0v) is 8.64. The van der Waals surface area contributed by atoms with E-state index in [1.54, 1.807) is 6.20 Å². The molecule has 0 unspecified atom stereocenters. The second-order valence-electron chi connectivity index (χ2n) is 3.49. The lowest BCUT2D eigenvalue weighted by molar-refractivity contribution is 0.0996. The summed E-state index contributed by atoms with van der Waals surface area (Å²) in [7, 11) is 0. The van der Waals surface area contributed by atoms with Crippen LogP contribution in [0.15, 0.2) is 24.8 Å². The zero-order valence-electron chi connectivity index (χ0n) is 8.64. The first kappa shape index (κ1) is 9.52. The van der Waals surface area contributed by atoms with E-state index in [1.807, 2.05) is 6.07 Å². The van der Waals surface area contributed by atoms with Gasteiger partial charge in [-0.3, -0.25) is 9.89 Å². The zero-order chi connectivity index (χ0) is 11.8. The van der Waals surface area contributed by atoms with Crippen LogP contribution in [0.25, 0.3) is 22.3 Å². The molecule has 0 spiro atoms. The summed E-state index contributed by atoms with van der Waals surface area (Å²) in [5.74, 6) is -0.570. The van der Waals surface area contributed by atoms with E-state index in [2.05, 4.69) is 25.1 Å². The predicted octanol–water partition coefficient (Wildman–Crippen LogP) is 0.447. The van der Waals surface area contributed by atoms with Crippen molar-refractivity contribution in [3.8, 4) is 11.3 Å². The van der Waals surface area contributed by atoms with Gasteiger partial charge in [0.25, 0.3) is 5.91 Å². The highest BCUT2D eigenvalue weighted by molar-refractivity contribution is 6.01. The van der Waals surface area contributed by atoms with Crippen LogP contribution in [0.2, 0.25) is 0 Å². The van der Waals surface area contributed by atoms with Crippen molar-refractivity contribution in [1.29, 1.82) is 0 Å². The molecule has 7 nitrogen and oxygen atoms in total. The molecule has 0 aromatic carbocycles. The minimum Gasteiger partial charge on any atom is -0.364 e. The van der Waals surface area contributed by atoms with Crippen LogP contribution in [0.1, 0.15) is 10.5 Å². The minimum atomic E-state index is -0.570. The van der Waals surface area contributed by atoms with Crippen LogP contribution < -0.4 is 5.73 Å². The first-order chi connectivity index (χ1) is 8.27. The largest absolute Gasteiger partial charge is 0.364 e. The van der Waals surface area contributed by atoms with E-state index in [9.17, 15) is 4.79 Å². The molecule has 0 saturated heterocycles. The lowest BCUT2D eigenvalue weighted by Gasteiger charge is -2.00. The maximum absolute atomic E-state index is 11.2. The van der Waals surface area contributed by atoms with Crippen molar-refractivity contribution in [1.82, 2.24) is 25.1 Å². The molecule has 84 valence electrons. The summed E-state index contributed by atoms with van der Waals surface area (Å²) in [4.78, 5) is 22.4.